The van der Waals surface area contributed by atoms with Crippen LogP contribution in [-0.2, 0) is 19.2 Å². The summed E-state index contributed by atoms with van der Waals surface area (Å²) < 4.78 is 0. The number of thioether (sulfide) groups is 1. The topological polar surface area (TPSA) is 116 Å². The number of aliphatic carboxylic acids is 1. The van der Waals surface area contributed by atoms with Crippen molar-refractivity contribution in [2.24, 2.45) is 5.92 Å². The van der Waals surface area contributed by atoms with Crippen molar-refractivity contribution in [2.45, 2.75) is 44.8 Å². The maximum absolute atomic E-state index is 12.4. The van der Waals surface area contributed by atoms with Gasteiger partial charge in [0.2, 0.25) is 17.7 Å². The number of carbonyl (C=O) groups is 4. The fourth-order valence-corrected chi connectivity index (χ4v) is 3.60. The Balaban J connectivity index is 1.88. The smallest absolute Gasteiger partial charge is 0.313 e. The Hall–Kier alpha value is -1.77. The standard InChI is InChI=1S/C15H23N3O5S/c1-8(2)13-15(23)18-4-3-9(5-10(18)14(22)17-13)16-11(19)6-24-7-12(20)21/h8-10,13H,3-7H2,1-2H3,(H,16,19)(H,17,22)(H,20,21)/t9-,10-,13+/m0/s1. The molecule has 0 unspecified atom stereocenters. The first-order valence-corrected chi connectivity index (χ1v) is 9.14. The van der Waals surface area contributed by atoms with Gasteiger partial charge < -0.3 is 20.6 Å². The zero-order chi connectivity index (χ0) is 17.9. The summed E-state index contributed by atoms with van der Waals surface area (Å²) in [5.41, 5.74) is 0. The van der Waals surface area contributed by atoms with E-state index in [0.717, 1.165) is 11.8 Å². The summed E-state index contributed by atoms with van der Waals surface area (Å²) in [4.78, 5) is 48.6. The molecule has 9 heteroatoms. The maximum atomic E-state index is 12.4. The van der Waals surface area contributed by atoms with Crippen molar-refractivity contribution in [3.05, 3.63) is 0 Å². The first kappa shape index (κ1) is 18.6. The molecule has 0 aromatic carbocycles. The Morgan fingerprint density at radius 1 is 1.38 bits per heavy atom. The molecule has 2 fully saturated rings. The summed E-state index contributed by atoms with van der Waals surface area (Å²) in [6.07, 6.45) is 0.980. The van der Waals surface area contributed by atoms with Gasteiger partial charge in [-0.05, 0) is 18.8 Å². The van der Waals surface area contributed by atoms with E-state index in [-0.39, 0.29) is 41.2 Å². The zero-order valence-corrected chi connectivity index (χ0v) is 14.6. The van der Waals surface area contributed by atoms with Crippen LogP contribution in [0.4, 0.5) is 0 Å². The first-order valence-electron chi connectivity index (χ1n) is 7.99. The number of hydrogen-bond donors (Lipinski definition) is 3. The lowest BCUT2D eigenvalue weighted by Crippen LogP contribution is -2.67. The average Bonchev–Trinajstić information content (AvgIpc) is 2.50. The third kappa shape index (κ3) is 4.40. The molecular weight excluding hydrogens is 334 g/mol. The van der Waals surface area contributed by atoms with E-state index in [0.29, 0.717) is 19.4 Å². The van der Waals surface area contributed by atoms with Gasteiger partial charge in [-0.3, -0.25) is 19.2 Å². The summed E-state index contributed by atoms with van der Waals surface area (Å²) in [6.45, 7) is 4.23. The number of carbonyl (C=O) groups excluding carboxylic acids is 3. The van der Waals surface area contributed by atoms with Crippen molar-refractivity contribution in [1.29, 1.82) is 0 Å². The molecule has 3 atom stereocenters. The van der Waals surface area contributed by atoms with Gasteiger partial charge in [-0.2, -0.15) is 0 Å². The molecule has 3 N–H and O–H groups in total. The van der Waals surface area contributed by atoms with Crippen LogP contribution in [0.1, 0.15) is 26.7 Å². The van der Waals surface area contributed by atoms with Crippen LogP contribution in [0, 0.1) is 5.92 Å². The van der Waals surface area contributed by atoms with Gasteiger partial charge in [0.15, 0.2) is 0 Å². The molecule has 0 saturated carbocycles. The molecule has 24 heavy (non-hydrogen) atoms. The number of piperidine rings is 1. The SMILES string of the molecule is CC(C)[C@H]1NC(=O)[C@@H]2C[C@@H](NC(=O)CSCC(=O)O)CCN2C1=O. The molecule has 2 aliphatic heterocycles. The third-order valence-electron chi connectivity index (χ3n) is 4.24. The van der Waals surface area contributed by atoms with Crippen LogP contribution in [0.15, 0.2) is 0 Å². The van der Waals surface area contributed by atoms with Gasteiger partial charge >= 0.3 is 5.97 Å². The number of carboxylic acids is 1. The number of carboxylic acid groups (broad SMARTS) is 1. The van der Waals surface area contributed by atoms with E-state index in [2.05, 4.69) is 10.6 Å². The molecule has 2 rings (SSSR count). The van der Waals surface area contributed by atoms with Gasteiger partial charge in [-0.25, -0.2) is 0 Å². The molecule has 2 heterocycles. The van der Waals surface area contributed by atoms with Crippen LogP contribution in [0.25, 0.3) is 0 Å². The Morgan fingerprint density at radius 3 is 2.71 bits per heavy atom. The van der Waals surface area contributed by atoms with E-state index < -0.39 is 18.1 Å². The normalized spacial score (nSPS) is 26.8. The lowest BCUT2D eigenvalue weighted by atomic mass is 9.90. The minimum atomic E-state index is -0.960. The minimum Gasteiger partial charge on any atom is -0.481 e. The van der Waals surface area contributed by atoms with E-state index in [1.165, 1.54) is 0 Å². The Kier molecular flexibility index (Phi) is 6.09. The highest BCUT2D eigenvalue weighted by molar-refractivity contribution is 8.00. The average molecular weight is 357 g/mol. The van der Waals surface area contributed by atoms with Gasteiger partial charge in [-0.15, -0.1) is 11.8 Å². The van der Waals surface area contributed by atoms with Crippen LogP contribution in [0.2, 0.25) is 0 Å². The molecule has 0 aromatic heterocycles. The van der Waals surface area contributed by atoms with E-state index in [4.69, 9.17) is 5.11 Å². The highest BCUT2D eigenvalue weighted by Crippen LogP contribution is 2.24. The van der Waals surface area contributed by atoms with Crippen molar-refractivity contribution < 1.29 is 24.3 Å². The van der Waals surface area contributed by atoms with Crippen molar-refractivity contribution >= 4 is 35.5 Å². The Labute approximate surface area is 144 Å². The highest BCUT2D eigenvalue weighted by Gasteiger charge is 2.44. The second-order valence-corrected chi connectivity index (χ2v) is 7.44. The monoisotopic (exact) mass is 357 g/mol. The summed E-state index contributed by atoms with van der Waals surface area (Å²) in [5, 5.41) is 14.2. The van der Waals surface area contributed by atoms with E-state index in [1.807, 2.05) is 13.8 Å². The van der Waals surface area contributed by atoms with Crippen LogP contribution >= 0.6 is 11.8 Å². The quantitative estimate of drug-likeness (QED) is 0.587. The molecule has 2 saturated heterocycles. The lowest BCUT2D eigenvalue weighted by molar-refractivity contribution is -0.153. The molecule has 0 aromatic rings. The molecular formula is C15H23N3O5S. The third-order valence-corrected chi connectivity index (χ3v) is 5.16. The number of nitrogens with zero attached hydrogens (tertiary/aromatic N) is 1. The maximum Gasteiger partial charge on any atom is 0.313 e. The number of fused-ring (bicyclic) bond motifs is 1. The van der Waals surface area contributed by atoms with Crippen LogP contribution in [0.3, 0.4) is 0 Å². The number of nitrogens with one attached hydrogen (secondary N) is 2. The van der Waals surface area contributed by atoms with Crippen molar-refractivity contribution in [3.8, 4) is 0 Å². The summed E-state index contributed by atoms with van der Waals surface area (Å²) in [5.74, 6) is -1.46. The predicted molar refractivity (Wildman–Crippen MR) is 88.4 cm³/mol. The van der Waals surface area contributed by atoms with Gasteiger partial charge in [0.05, 0.1) is 11.5 Å². The van der Waals surface area contributed by atoms with Crippen LogP contribution in [-0.4, -0.2) is 69.9 Å². The summed E-state index contributed by atoms with van der Waals surface area (Å²) in [7, 11) is 0. The number of rotatable bonds is 6. The van der Waals surface area contributed by atoms with Crippen molar-refractivity contribution in [2.75, 3.05) is 18.1 Å². The Bertz CT molecular complexity index is 539. The van der Waals surface area contributed by atoms with E-state index in [1.54, 1.807) is 4.90 Å². The molecule has 0 radical (unpaired) electrons. The molecule has 8 nitrogen and oxygen atoms in total. The fourth-order valence-electron chi connectivity index (χ4n) is 3.05. The van der Waals surface area contributed by atoms with Gasteiger partial charge in [0, 0.05) is 12.6 Å². The zero-order valence-electron chi connectivity index (χ0n) is 13.8. The molecule has 3 amide bonds. The van der Waals surface area contributed by atoms with Gasteiger partial charge in [-0.1, -0.05) is 13.8 Å². The summed E-state index contributed by atoms with van der Waals surface area (Å²) in [6, 6.07) is -1.20. The van der Waals surface area contributed by atoms with Crippen LogP contribution in [0.5, 0.6) is 0 Å². The van der Waals surface area contributed by atoms with Crippen molar-refractivity contribution in [3.63, 3.8) is 0 Å². The predicted octanol–water partition coefficient (Wildman–Crippen LogP) is -0.566. The second kappa shape index (κ2) is 7.87. The highest BCUT2D eigenvalue weighted by atomic mass is 32.2. The lowest BCUT2D eigenvalue weighted by Gasteiger charge is -2.45. The fraction of sp³-hybridized carbons (Fsp3) is 0.733. The van der Waals surface area contributed by atoms with Crippen molar-refractivity contribution in [1.82, 2.24) is 15.5 Å². The van der Waals surface area contributed by atoms with Gasteiger partial charge in [0.1, 0.15) is 12.1 Å². The largest absolute Gasteiger partial charge is 0.481 e. The Morgan fingerprint density at radius 2 is 2.08 bits per heavy atom. The molecule has 134 valence electrons. The summed E-state index contributed by atoms with van der Waals surface area (Å²) >= 11 is 1.03. The minimum absolute atomic E-state index is 0.0334. The second-order valence-electron chi connectivity index (χ2n) is 6.45. The molecule has 0 aliphatic carbocycles. The molecule has 0 spiro atoms. The van der Waals surface area contributed by atoms with E-state index in [9.17, 15) is 19.2 Å². The van der Waals surface area contributed by atoms with Crippen LogP contribution < -0.4 is 10.6 Å². The number of hydrogen-bond acceptors (Lipinski definition) is 5. The molecule has 0 bridgehead atoms. The first-order chi connectivity index (χ1) is 11.3. The number of piperazine rings is 1. The molecule has 2 aliphatic rings. The number of amides is 3. The van der Waals surface area contributed by atoms with Gasteiger partial charge in [0.25, 0.3) is 0 Å². The van der Waals surface area contributed by atoms with E-state index >= 15 is 0 Å².